The molecule has 1 aromatic heterocycles. The van der Waals surface area contributed by atoms with Crippen LogP contribution in [0.1, 0.15) is 52.3 Å². The Hall–Kier alpha value is -1.36. The van der Waals surface area contributed by atoms with Gasteiger partial charge in [-0.3, -0.25) is 0 Å². The fourth-order valence-electron chi connectivity index (χ4n) is 2.34. The van der Waals surface area contributed by atoms with Crippen LogP contribution in [0.2, 0.25) is 0 Å². The minimum Gasteiger partial charge on any atom is -0.374 e. The van der Waals surface area contributed by atoms with Gasteiger partial charge in [0, 0.05) is 31.8 Å². The van der Waals surface area contributed by atoms with Gasteiger partial charge in [-0.2, -0.15) is 0 Å². The van der Waals surface area contributed by atoms with E-state index in [2.05, 4.69) is 35.1 Å². The van der Waals surface area contributed by atoms with E-state index in [-0.39, 0.29) is 0 Å². The maximum atomic E-state index is 5.48. The van der Waals surface area contributed by atoms with Crippen LogP contribution in [0.15, 0.2) is 6.07 Å². The molecule has 21 heavy (non-hydrogen) atoms. The van der Waals surface area contributed by atoms with Gasteiger partial charge in [0.15, 0.2) is 5.82 Å². The van der Waals surface area contributed by atoms with Crippen molar-refractivity contribution in [3.63, 3.8) is 0 Å². The molecule has 0 spiro atoms. The standard InChI is InChI=1S/C16H28N4O/c1-4-9-17-14-11-16(19-15(18-14)12-21-6-3)20(10-5-2)13-7-8-13/h11,13H,4-10,12H2,1-3H3,(H,17,18,19). The molecule has 1 aliphatic carbocycles. The van der Waals surface area contributed by atoms with Crippen molar-refractivity contribution in [2.24, 2.45) is 0 Å². The molecule has 0 bridgehead atoms. The van der Waals surface area contributed by atoms with Crippen LogP contribution in [0.25, 0.3) is 0 Å². The summed E-state index contributed by atoms with van der Waals surface area (Å²) >= 11 is 0. The zero-order valence-corrected chi connectivity index (χ0v) is 13.6. The Labute approximate surface area is 128 Å². The second-order valence-electron chi connectivity index (χ2n) is 5.52. The second kappa shape index (κ2) is 8.17. The van der Waals surface area contributed by atoms with Crippen molar-refractivity contribution in [3.05, 3.63) is 11.9 Å². The molecule has 2 rings (SSSR count). The molecule has 1 aromatic rings. The van der Waals surface area contributed by atoms with Crippen LogP contribution in [0.5, 0.6) is 0 Å². The summed E-state index contributed by atoms with van der Waals surface area (Å²) in [5.41, 5.74) is 0. The van der Waals surface area contributed by atoms with Crippen molar-refractivity contribution in [1.29, 1.82) is 0 Å². The molecule has 0 amide bonds. The second-order valence-corrected chi connectivity index (χ2v) is 5.52. The summed E-state index contributed by atoms with van der Waals surface area (Å²) in [6.45, 7) is 9.53. The molecular formula is C16H28N4O. The Morgan fingerprint density at radius 2 is 2.05 bits per heavy atom. The zero-order valence-electron chi connectivity index (χ0n) is 13.6. The van der Waals surface area contributed by atoms with Crippen LogP contribution in [-0.2, 0) is 11.3 Å². The monoisotopic (exact) mass is 292 g/mol. The van der Waals surface area contributed by atoms with Crippen LogP contribution >= 0.6 is 0 Å². The zero-order chi connectivity index (χ0) is 15.1. The Balaban J connectivity index is 2.19. The lowest BCUT2D eigenvalue weighted by atomic mass is 10.3. The highest BCUT2D eigenvalue weighted by molar-refractivity contribution is 5.51. The predicted octanol–water partition coefficient (Wildman–Crippen LogP) is 3.21. The maximum Gasteiger partial charge on any atom is 0.158 e. The van der Waals surface area contributed by atoms with E-state index in [0.29, 0.717) is 19.3 Å². The van der Waals surface area contributed by atoms with Crippen molar-refractivity contribution in [3.8, 4) is 0 Å². The van der Waals surface area contributed by atoms with E-state index in [1.165, 1.54) is 12.8 Å². The first-order chi connectivity index (χ1) is 10.3. The van der Waals surface area contributed by atoms with Gasteiger partial charge in [0.2, 0.25) is 0 Å². The maximum absolute atomic E-state index is 5.48. The summed E-state index contributed by atoms with van der Waals surface area (Å²) in [5, 5.41) is 3.37. The van der Waals surface area contributed by atoms with E-state index >= 15 is 0 Å². The molecule has 1 saturated carbocycles. The lowest BCUT2D eigenvalue weighted by Crippen LogP contribution is -2.28. The third kappa shape index (κ3) is 4.84. The largest absolute Gasteiger partial charge is 0.374 e. The van der Waals surface area contributed by atoms with Crippen LogP contribution in [0.3, 0.4) is 0 Å². The molecule has 5 heteroatoms. The lowest BCUT2D eigenvalue weighted by molar-refractivity contribution is 0.128. The molecule has 0 unspecified atom stereocenters. The van der Waals surface area contributed by atoms with Gasteiger partial charge in [0.1, 0.15) is 18.2 Å². The highest BCUT2D eigenvalue weighted by Gasteiger charge is 2.29. The molecule has 0 radical (unpaired) electrons. The normalized spacial score (nSPS) is 14.2. The summed E-state index contributed by atoms with van der Waals surface area (Å²) in [6, 6.07) is 2.75. The van der Waals surface area contributed by atoms with Crippen molar-refractivity contribution in [2.75, 3.05) is 29.9 Å². The van der Waals surface area contributed by atoms with Gasteiger partial charge >= 0.3 is 0 Å². The van der Waals surface area contributed by atoms with Gasteiger partial charge in [0.25, 0.3) is 0 Å². The molecule has 0 aliphatic heterocycles. The minimum atomic E-state index is 0.482. The van der Waals surface area contributed by atoms with Crippen molar-refractivity contribution in [2.45, 2.75) is 59.1 Å². The molecule has 0 saturated heterocycles. The average molecular weight is 292 g/mol. The van der Waals surface area contributed by atoms with Gasteiger partial charge in [-0.25, -0.2) is 9.97 Å². The Bertz CT molecular complexity index is 408. The van der Waals surface area contributed by atoms with Gasteiger partial charge < -0.3 is 15.0 Å². The minimum absolute atomic E-state index is 0.482. The highest BCUT2D eigenvalue weighted by Crippen LogP contribution is 2.31. The van der Waals surface area contributed by atoms with E-state index in [0.717, 1.165) is 43.4 Å². The molecule has 0 aromatic carbocycles. The first-order valence-corrected chi connectivity index (χ1v) is 8.24. The molecule has 1 heterocycles. The fourth-order valence-corrected chi connectivity index (χ4v) is 2.34. The first-order valence-electron chi connectivity index (χ1n) is 8.24. The topological polar surface area (TPSA) is 50.3 Å². The molecule has 0 atom stereocenters. The summed E-state index contributed by atoms with van der Waals surface area (Å²) in [4.78, 5) is 11.7. The number of aromatic nitrogens is 2. The third-order valence-electron chi connectivity index (χ3n) is 3.50. The van der Waals surface area contributed by atoms with Crippen LogP contribution in [0, 0.1) is 0 Å². The van der Waals surface area contributed by atoms with E-state index in [9.17, 15) is 0 Å². The summed E-state index contributed by atoms with van der Waals surface area (Å²) in [5.74, 6) is 2.73. The van der Waals surface area contributed by atoms with Gasteiger partial charge in [-0.05, 0) is 32.6 Å². The number of ether oxygens (including phenoxy) is 1. The lowest BCUT2D eigenvalue weighted by Gasteiger charge is -2.24. The van der Waals surface area contributed by atoms with Gasteiger partial charge in [-0.15, -0.1) is 0 Å². The van der Waals surface area contributed by atoms with Gasteiger partial charge in [0.05, 0.1) is 0 Å². The molecule has 1 N–H and O–H groups in total. The predicted molar refractivity (Wildman–Crippen MR) is 86.8 cm³/mol. The van der Waals surface area contributed by atoms with Crippen molar-refractivity contribution < 1.29 is 4.74 Å². The smallest absolute Gasteiger partial charge is 0.158 e. The summed E-state index contributed by atoms with van der Waals surface area (Å²) < 4.78 is 5.48. The summed E-state index contributed by atoms with van der Waals surface area (Å²) in [7, 11) is 0. The van der Waals surface area contributed by atoms with Gasteiger partial charge in [-0.1, -0.05) is 13.8 Å². The molecule has 1 fully saturated rings. The Morgan fingerprint density at radius 3 is 2.67 bits per heavy atom. The number of nitrogens with one attached hydrogen (secondary N) is 1. The Kier molecular flexibility index (Phi) is 6.23. The highest BCUT2D eigenvalue weighted by atomic mass is 16.5. The third-order valence-corrected chi connectivity index (χ3v) is 3.50. The van der Waals surface area contributed by atoms with Crippen molar-refractivity contribution in [1.82, 2.24) is 9.97 Å². The molecule has 5 nitrogen and oxygen atoms in total. The van der Waals surface area contributed by atoms with E-state index in [1.807, 2.05) is 6.92 Å². The molecular weight excluding hydrogens is 264 g/mol. The SMILES string of the molecule is CCCNc1cc(N(CCC)C2CC2)nc(COCC)n1. The summed E-state index contributed by atoms with van der Waals surface area (Å²) in [6.07, 6.45) is 4.78. The van der Waals surface area contributed by atoms with Crippen LogP contribution in [-0.4, -0.2) is 35.7 Å². The molecule has 118 valence electrons. The number of anilines is 2. The van der Waals surface area contributed by atoms with E-state index in [4.69, 9.17) is 9.72 Å². The van der Waals surface area contributed by atoms with Crippen LogP contribution < -0.4 is 10.2 Å². The average Bonchev–Trinajstić information content (AvgIpc) is 3.33. The number of nitrogens with zero attached hydrogens (tertiary/aromatic N) is 3. The quantitative estimate of drug-likeness (QED) is 0.717. The number of hydrogen-bond donors (Lipinski definition) is 1. The van der Waals surface area contributed by atoms with E-state index < -0.39 is 0 Å². The number of rotatable bonds is 10. The van der Waals surface area contributed by atoms with E-state index in [1.54, 1.807) is 0 Å². The van der Waals surface area contributed by atoms with Crippen LogP contribution in [0.4, 0.5) is 11.6 Å². The first kappa shape index (κ1) is 16.0. The Morgan fingerprint density at radius 1 is 1.24 bits per heavy atom. The van der Waals surface area contributed by atoms with Crippen molar-refractivity contribution >= 4 is 11.6 Å². The fraction of sp³-hybridized carbons (Fsp3) is 0.750. The number of hydrogen-bond acceptors (Lipinski definition) is 5. The molecule has 1 aliphatic rings.